The maximum atomic E-state index is 13.6. The van der Waals surface area contributed by atoms with Crippen LogP contribution in [0.3, 0.4) is 0 Å². The Kier molecular flexibility index (Phi) is 3.90. The number of rotatable bonds is 4. The number of nitrogens with two attached hydrogens (primary N) is 1. The summed E-state index contributed by atoms with van der Waals surface area (Å²) < 4.78 is 23.5. The van der Waals surface area contributed by atoms with Crippen molar-refractivity contribution >= 4 is 11.6 Å². The van der Waals surface area contributed by atoms with Crippen molar-refractivity contribution in [2.45, 2.75) is 6.04 Å². The van der Waals surface area contributed by atoms with Crippen molar-refractivity contribution in [2.75, 3.05) is 13.7 Å². The lowest BCUT2D eigenvalue weighted by Crippen LogP contribution is -2.17. The van der Waals surface area contributed by atoms with E-state index in [-0.39, 0.29) is 23.9 Å². The van der Waals surface area contributed by atoms with Crippen LogP contribution in [0.15, 0.2) is 22.7 Å². The normalized spacial score (nSPS) is 12.7. The molecule has 0 fully saturated rings. The summed E-state index contributed by atoms with van der Waals surface area (Å²) in [6, 6.07) is 3.67. The minimum Gasteiger partial charge on any atom is -0.383 e. The smallest absolute Gasteiger partial charge is 0.260 e. The molecule has 0 saturated carbocycles. The van der Waals surface area contributed by atoms with Gasteiger partial charge >= 0.3 is 0 Å². The Labute approximate surface area is 108 Å². The molecule has 1 heterocycles. The lowest BCUT2D eigenvalue weighted by atomic mass is 10.2. The predicted octanol–water partition coefficient (Wildman–Crippen LogP) is 2.18. The summed E-state index contributed by atoms with van der Waals surface area (Å²) in [6.45, 7) is 0.252. The zero-order valence-electron chi connectivity index (χ0n) is 9.56. The summed E-state index contributed by atoms with van der Waals surface area (Å²) in [4.78, 5) is 4.02. The van der Waals surface area contributed by atoms with Gasteiger partial charge in [0.1, 0.15) is 5.82 Å². The van der Waals surface area contributed by atoms with Gasteiger partial charge in [-0.15, -0.1) is 0 Å². The molecule has 0 bridgehead atoms. The minimum atomic E-state index is -0.530. The molecular weight excluding hydrogens is 261 g/mol. The fourth-order valence-electron chi connectivity index (χ4n) is 1.41. The van der Waals surface area contributed by atoms with E-state index in [0.29, 0.717) is 5.02 Å². The van der Waals surface area contributed by atoms with Gasteiger partial charge in [0.2, 0.25) is 0 Å². The molecule has 2 rings (SSSR count). The standard InChI is InChI=1S/C11H11ClFN3O2/c1-17-5-9(14)10-15-11(18-16-10)7-3-2-6(12)4-8(7)13/h2-4,9H,5,14H2,1H3. The number of aromatic nitrogens is 2. The molecule has 2 N–H and O–H groups in total. The van der Waals surface area contributed by atoms with Crippen LogP contribution in [-0.2, 0) is 4.74 Å². The highest BCUT2D eigenvalue weighted by Crippen LogP contribution is 2.24. The van der Waals surface area contributed by atoms with E-state index >= 15 is 0 Å². The molecule has 0 amide bonds. The minimum absolute atomic E-state index is 0.0609. The summed E-state index contributed by atoms with van der Waals surface area (Å²) >= 11 is 5.66. The second-order valence-corrected chi connectivity index (χ2v) is 4.08. The first-order chi connectivity index (χ1) is 8.61. The van der Waals surface area contributed by atoms with Gasteiger partial charge in [-0.1, -0.05) is 16.8 Å². The molecule has 5 nitrogen and oxygen atoms in total. The lowest BCUT2D eigenvalue weighted by Gasteiger charge is -2.03. The maximum absolute atomic E-state index is 13.6. The number of hydrogen-bond acceptors (Lipinski definition) is 5. The fourth-order valence-corrected chi connectivity index (χ4v) is 1.57. The molecule has 2 aromatic rings. The topological polar surface area (TPSA) is 74.2 Å². The second kappa shape index (κ2) is 5.43. The van der Waals surface area contributed by atoms with E-state index in [1.165, 1.54) is 19.2 Å². The molecule has 0 spiro atoms. The van der Waals surface area contributed by atoms with Gasteiger partial charge in [0.25, 0.3) is 5.89 Å². The van der Waals surface area contributed by atoms with E-state index < -0.39 is 11.9 Å². The zero-order chi connectivity index (χ0) is 13.1. The van der Waals surface area contributed by atoms with Crippen LogP contribution in [-0.4, -0.2) is 23.9 Å². The van der Waals surface area contributed by atoms with Gasteiger partial charge in [-0.05, 0) is 18.2 Å². The number of nitrogens with zero attached hydrogens (tertiary/aromatic N) is 2. The molecular formula is C11H11ClFN3O2. The Hall–Kier alpha value is -1.50. The first-order valence-electron chi connectivity index (χ1n) is 5.15. The van der Waals surface area contributed by atoms with Crippen LogP contribution in [0.2, 0.25) is 5.02 Å². The fraction of sp³-hybridized carbons (Fsp3) is 0.273. The largest absolute Gasteiger partial charge is 0.383 e. The summed E-state index contributed by atoms with van der Waals surface area (Å²) in [6.07, 6.45) is 0. The lowest BCUT2D eigenvalue weighted by molar-refractivity contribution is 0.177. The van der Waals surface area contributed by atoms with Gasteiger partial charge < -0.3 is 15.0 Å². The number of halogens is 2. The average molecular weight is 272 g/mol. The molecule has 0 aliphatic carbocycles. The molecule has 1 unspecified atom stereocenters. The van der Waals surface area contributed by atoms with E-state index in [1.54, 1.807) is 6.07 Å². The molecule has 1 aromatic carbocycles. The van der Waals surface area contributed by atoms with Crippen LogP contribution in [0.1, 0.15) is 11.9 Å². The van der Waals surface area contributed by atoms with Crippen LogP contribution in [0.4, 0.5) is 4.39 Å². The quantitative estimate of drug-likeness (QED) is 0.922. The molecule has 0 aliphatic rings. The van der Waals surface area contributed by atoms with Gasteiger partial charge in [-0.2, -0.15) is 4.98 Å². The summed E-state index contributed by atoms with van der Waals surface area (Å²) in [5.41, 5.74) is 5.92. The Morgan fingerprint density at radius 1 is 1.56 bits per heavy atom. The number of benzene rings is 1. The maximum Gasteiger partial charge on any atom is 0.260 e. The second-order valence-electron chi connectivity index (χ2n) is 3.64. The van der Waals surface area contributed by atoms with Gasteiger partial charge in [-0.25, -0.2) is 4.39 Å². The van der Waals surface area contributed by atoms with Crippen molar-refractivity contribution in [2.24, 2.45) is 5.73 Å². The van der Waals surface area contributed by atoms with E-state index in [2.05, 4.69) is 10.1 Å². The third-order valence-corrected chi connectivity index (χ3v) is 2.52. The number of methoxy groups -OCH3 is 1. The van der Waals surface area contributed by atoms with Gasteiger partial charge in [0, 0.05) is 12.1 Å². The third kappa shape index (κ3) is 2.66. The Morgan fingerprint density at radius 2 is 2.33 bits per heavy atom. The predicted molar refractivity (Wildman–Crippen MR) is 63.5 cm³/mol. The molecule has 96 valence electrons. The van der Waals surface area contributed by atoms with Gasteiger partial charge in [0.05, 0.1) is 18.2 Å². The Morgan fingerprint density at radius 3 is 3.00 bits per heavy atom. The van der Waals surface area contributed by atoms with Crippen molar-refractivity contribution in [3.63, 3.8) is 0 Å². The Bertz CT molecular complexity index is 547. The number of hydrogen-bond donors (Lipinski definition) is 1. The van der Waals surface area contributed by atoms with Crippen molar-refractivity contribution in [3.8, 4) is 11.5 Å². The van der Waals surface area contributed by atoms with Crippen molar-refractivity contribution in [1.29, 1.82) is 0 Å². The average Bonchev–Trinajstić information content (AvgIpc) is 2.78. The SMILES string of the molecule is COCC(N)c1noc(-c2ccc(Cl)cc2F)n1. The van der Waals surface area contributed by atoms with Crippen LogP contribution in [0, 0.1) is 5.82 Å². The molecule has 0 radical (unpaired) electrons. The highest BCUT2D eigenvalue weighted by molar-refractivity contribution is 6.30. The van der Waals surface area contributed by atoms with Crippen molar-refractivity contribution in [3.05, 3.63) is 34.9 Å². The Balaban J connectivity index is 2.29. The molecule has 7 heteroatoms. The highest BCUT2D eigenvalue weighted by atomic mass is 35.5. The monoisotopic (exact) mass is 271 g/mol. The van der Waals surface area contributed by atoms with E-state index in [4.69, 9.17) is 26.6 Å². The number of ether oxygens (including phenoxy) is 1. The molecule has 1 atom stereocenters. The van der Waals surface area contributed by atoms with E-state index in [1.807, 2.05) is 0 Å². The first-order valence-corrected chi connectivity index (χ1v) is 5.53. The van der Waals surface area contributed by atoms with Crippen molar-refractivity contribution < 1.29 is 13.7 Å². The van der Waals surface area contributed by atoms with Crippen LogP contribution in [0.5, 0.6) is 0 Å². The van der Waals surface area contributed by atoms with Gasteiger partial charge in [0.15, 0.2) is 5.82 Å². The van der Waals surface area contributed by atoms with Crippen molar-refractivity contribution in [1.82, 2.24) is 10.1 Å². The van der Waals surface area contributed by atoms with E-state index in [9.17, 15) is 4.39 Å². The molecule has 1 aromatic heterocycles. The van der Waals surface area contributed by atoms with E-state index in [0.717, 1.165) is 0 Å². The zero-order valence-corrected chi connectivity index (χ0v) is 10.3. The molecule has 0 saturated heterocycles. The summed E-state index contributed by atoms with van der Waals surface area (Å²) in [5.74, 6) is -0.204. The highest BCUT2D eigenvalue weighted by Gasteiger charge is 2.17. The molecule has 18 heavy (non-hydrogen) atoms. The first kappa shape index (κ1) is 12.9. The van der Waals surface area contributed by atoms with Gasteiger partial charge in [-0.3, -0.25) is 0 Å². The summed E-state index contributed by atoms with van der Waals surface area (Å²) in [5, 5.41) is 3.98. The van der Waals surface area contributed by atoms with Crippen LogP contribution >= 0.6 is 11.6 Å². The summed E-state index contributed by atoms with van der Waals surface area (Å²) in [7, 11) is 1.51. The third-order valence-electron chi connectivity index (χ3n) is 2.28. The van der Waals surface area contributed by atoms with Crippen LogP contribution in [0.25, 0.3) is 11.5 Å². The molecule has 0 aliphatic heterocycles. The van der Waals surface area contributed by atoms with Crippen LogP contribution < -0.4 is 5.73 Å².